The molecule has 2 aliphatic heterocycles. The number of benzene rings is 1. The monoisotopic (exact) mass is 350 g/mol. The Labute approximate surface area is 155 Å². The Morgan fingerprint density at radius 3 is 2.54 bits per heavy atom. The first-order valence-electron chi connectivity index (χ1n) is 9.53. The third-order valence-corrected chi connectivity index (χ3v) is 5.57. The van der Waals surface area contributed by atoms with Crippen molar-refractivity contribution in [1.82, 2.24) is 9.88 Å². The fraction of sp³-hybridized carbons (Fsp3) is 0.429. The van der Waals surface area contributed by atoms with Crippen molar-refractivity contribution in [1.29, 1.82) is 0 Å². The standard InChI is InChI=1S/C21H26N4O/c1-17(21(26)25-12-6-8-18-7-2-3-9-19(18)25)23-13-15-24(16-14-23)20-10-4-5-11-22-20/h2-5,7,9-11,17H,6,8,12-16H2,1H3/t17-/m1/s1. The van der Waals surface area contributed by atoms with Gasteiger partial charge in [-0.05, 0) is 43.5 Å². The number of pyridine rings is 1. The predicted molar refractivity (Wildman–Crippen MR) is 105 cm³/mol. The molecule has 0 spiro atoms. The second-order valence-electron chi connectivity index (χ2n) is 7.11. The van der Waals surface area contributed by atoms with Gasteiger partial charge in [-0.1, -0.05) is 24.3 Å². The van der Waals surface area contributed by atoms with Gasteiger partial charge in [0, 0.05) is 44.6 Å². The molecule has 4 rings (SSSR count). The number of para-hydroxylation sites is 1. The number of aryl methyl sites for hydroxylation is 1. The second-order valence-corrected chi connectivity index (χ2v) is 7.11. The summed E-state index contributed by atoms with van der Waals surface area (Å²) in [6.07, 6.45) is 3.95. The average Bonchev–Trinajstić information content (AvgIpc) is 2.73. The lowest BCUT2D eigenvalue weighted by atomic mass is 10.0. The zero-order chi connectivity index (χ0) is 17.9. The van der Waals surface area contributed by atoms with Crippen molar-refractivity contribution >= 4 is 17.4 Å². The number of hydrogen-bond acceptors (Lipinski definition) is 4. The van der Waals surface area contributed by atoms with Gasteiger partial charge in [-0.15, -0.1) is 0 Å². The lowest BCUT2D eigenvalue weighted by Crippen LogP contribution is -2.55. The summed E-state index contributed by atoms with van der Waals surface area (Å²) in [5.74, 6) is 1.25. The summed E-state index contributed by atoms with van der Waals surface area (Å²) in [6, 6.07) is 14.2. The van der Waals surface area contributed by atoms with Crippen LogP contribution in [0.15, 0.2) is 48.7 Å². The van der Waals surface area contributed by atoms with Gasteiger partial charge in [0.2, 0.25) is 5.91 Å². The maximum absolute atomic E-state index is 13.2. The van der Waals surface area contributed by atoms with Crippen molar-refractivity contribution < 1.29 is 4.79 Å². The Kier molecular flexibility index (Phi) is 4.89. The molecule has 136 valence electrons. The van der Waals surface area contributed by atoms with Gasteiger partial charge in [0.1, 0.15) is 5.82 Å². The van der Waals surface area contributed by atoms with E-state index in [1.54, 1.807) is 0 Å². The first-order chi connectivity index (χ1) is 12.7. The predicted octanol–water partition coefficient (Wildman–Crippen LogP) is 2.57. The topological polar surface area (TPSA) is 39.7 Å². The van der Waals surface area contributed by atoms with Gasteiger partial charge in [0.05, 0.1) is 6.04 Å². The summed E-state index contributed by atoms with van der Waals surface area (Å²) in [5, 5.41) is 0. The van der Waals surface area contributed by atoms with Crippen LogP contribution in [0.5, 0.6) is 0 Å². The number of rotatable bonds is 3. The van der Waals surface area contributed by atoms with Crippen LogP contribution in [-0.4, -0.2) is 54.6 Å². The highest BCUT2D eigenvalue weighted by Crippen LogP contribution is 2.28. The highest BCUT2D eigenvalue weighted by Gasteiger charge is 2.31. The lowest BCUT2D eigenvalue weighted by Gasteiger charge is -2.40. The number of piperazine rings is 1. The lowest BCUT2D eigenvalue weighted by molar-refractivity contribution is -0.123. The molecule has 1 atom stereocenters. The fourth-order valence-corrected chi connectivity index (χ4v) is 4.02. The molecule has 0 aliphatic carbocycles. The largest absolute Gasteiger partial charge is 0.354 e. The van der Waals surface area contributed by atoms with Gasteiger partial charge in [-0.3, -0.25) is 9.69 Å². The van der Waals surface area contributed by atoms with E-state index in [0.29, 0.717) is 0 Å². The molecule has 3 heterocycles. The molecule has 5 heteroatoms. The van der Waals surface area contributed by atoms with E-state index in [1.165, 1.54) is 5.56 Å². The zero-order valence-corrected chi connectivity index (χ0v) is 15.3. The molecule has 5 nitrogen and oxygen atoms in total. The Hall–Kier alpha value is -2.40. The van der Waals surface area contributed by atoms with Crippen LogP contribution in [-0.2, 0) is 11.2 Å². The highest BCUT2D eigenvalue weighted by molar-refractivity contribution is 5.98. The third kappa shape index (κ3) is 3.31. The number of fused-ring (bicyclic) bond motifs is 1. The molecule has 1 amide bonds. The number of hydrogen-bond donors (Lipinski definition) is 0. The van der Waals surface area contributed by atoms with E-state index in [1.807, 2.05) is 29.3 Å². The number of nitrogens with zero attached hydrogens (tertiary/aromatic N) is 4. The summed E-state index contributed by atoms with van der Waals surface area (Å²) >= 11 is 0. The van der Waals surface area contributed by atoms with Gasteiger partial charge in [-0.25, -0.2) is 4.98 Å². The van der Waals surface area contributed by atoms with E-state index in [0.717, 1.165) is 57.1 Å². The normalized spacial score (nSPS) is 19.1. The minimum atomic E-state index is -0.0907. The van der Waals surface area contributed by atoms with E-state index in [-0.39, 0.29) is 11.9 Å². The van der Waals surface area contributed by atoms with Crippen LogP contribution in [0.25, 0.3) is 0 Å². The number of carbonyl (C=O) groups excluding carboxylic acids is 1. The van der Waals surface area contributed by atoms with Crippen LogP contribution in [0.3, 0.4) is 0 Å². The minimum Gasteiger partial charge on any atom is -0.354 e. The smallest absolute Gasteiger partial charge is 0.244 e. The molecule has 0 radical (unpaired) electrons. The van der Waals surface area contributed by atoms with Crippen LogP contribution in [0.2, 0.25) is 0 Å². The molecule has 26 heavy (non-hydrogen) atoms. The molecule has 2 aliphatic rings. The Bertz CT molecular complexity index is 756. The zero-order valence-electron chi connectivity index (χ0n) is 15.3. The molecular formula is C21H26N4O. The maximum Gasteiger partial charge on any atom is 0.244 e. The Morgan fingerprint density at radius 2 is 1.77 bits per heavy atom. The molecular weight excluding hydrogens is 324 g/mol. The maximum atomic E-state index is 13.2. The molecule has 0 saturated carbocycles. The number of amides is 1. The number of carbonyl (C=O) groups is 1. The first-order valence-corrected chi connectivity index (χ1v) is 9.53. The minimum absolute atomic E-state index is 0.0907. The van der Waals surface area contributed by atoms with Crippen molar-refractivity contribution in [3.05, 3.63) is 54.2 Å². The van der Waals surface area contributed by atoms with Crippen LogP contribution in [0.1, 0.15) is 18.9 Å². The van der Waals surface area contributed by atoms with E-state index >= 15 is 0 Å². The van der Waals surface area contributed by atoms with Gasteiger partial charge in [0.15, 0.2) is 0 Å². The summed E-state index contributed by atoms with van der Waals surface area (Å²) in [6.45, 7) is 6.47. The van der Waals surface area contributed by atoms with Crippen LogP contribution in [0, 0.1) is 0 Å². The number of aromatic nitrogens is 1. The summed E-state index contributed by atoms with van der Waals surface area (Å²) in [7, 11) is 0. The highest BCUT2D eigenvalue weighted by atomic mass is 16.2. The molecule has 1 fully saturated rings. The van der Waals surface area contributed by atoms with E-state index in [2.05, 4.69) is 46.0 Å². The van der Waals surface area contributed by atoms with Crippen molar-refractivity contribution in [2.24, 2.45) is 0 Å². The van der Waals surface area contributed by atoms with Gasteiger partial charge in [-0.2, -0.15) is 0 Å². The quantitative estimate of drug-likeness (QED) is 0.853. The van der Waals surface area contributed by atoms with Gasteiger partial charge >= 0.3 is 0 Å². The van der Waals surface area contributed by atoms with E-state index < -0.39 is 0 Å². The molecule has 2 aromatic rings. The van der Waals surface area contributed by atoms with Crippen molar-refractivity contribution in [2.75, 3.05) is 42.5 Å². The van der Waals surface area contributed by atoms with Crippen molar-refractivity contribution in [2.45, 2.75) is 25.8 Å². The van der Waals surface area contributed by atoms with Crippen LogP contribution >= 0.6 is 0 Å². The molecule has 0 unspecified atom stereocenters. The molecule has 1 aromatic heterocycles. The van der Waals surface area contributed by atoms with Crippen LogP contribution in [0.4, 0.5) is 11.5 Å². The summed E-state index contributed by atoms with van der Waals surface area (Å²) < 4.78 is 0. The van der Waals surface area contributed by atoms with Crippen molar-refractivity contribution in [3.63, 3.8) is 0 Å². The first kappa shape index (κ1) is 17.0. The Morgan fingerprint density at radius 1 is 1.00 bits per heavy atom. The number of anilines is 2. The molecule has 0 bridgehead atoms. The molecule has 1 saturated heterocycles. The SMILES string of the molecule is C[C@H](C(=O)N1CCCc2ccccc21)N1CCN(c2ccccn2)CC1. The summed E-state index contributed by atoms with van der Waals surface area (Å²) in [5.41, 5.74) is 2.39. The summed E-state index contributed by atoms with van der Waals surface area (Å²) in [4.78, 5) is 24.2. The fourth-order valence-electron chi connectivity index (χ4n) is 4.02. The van der Waals surface area contributed by atoms with E-state index in [4.69, 9.17) is 0 Å². The van der Waals surface area contributed by atoms with Crippen molar-refractivity contribution in [3.8, 4) is 0 Å². The average molecular weight is 350 g/mol. The van der Waals surface area contributed by atoms with E-state index in [9.17, 15) is 4.79 Å². The Balaban J connectivity index is 1.41. The molecule has 0 N–H and O–H groups in total. The van der Waals surface area contributed by atoms with Gasteiger partial charge < -0.3 is 9.80 Å². The van der Waals surface area contributed by atoms with Gasteiger partial charge in [0.25, 0.3) is 0 Å². The third-order valence-electron chi connectivity index (χ3n) is 5.57. The molecule has 1 aromatic carbocycles. The second kappa shape index (κ2) is 7.46. The van der Waals surface area contributed by atoms with Crippen LogP contribution < -0.4 is 9.80 Å².